The van der Waals surface area contributed by atoms with Gasteiger partial charge in [0, 0.05) is 23.0 Å². The molecule has 2 heterocycles. The second-order valence-corrected chi connectivity index (χ2v) is 4.63. The van der Waals surface area contributed by atoms with Crippen molar-refractivity contribution in [2.45, 2.75) is 6.92 Å². The number of hydrogen-bond acceptors (Lipinski definition) is 3. The number of aromatic amines is 1. The lowest BCUT2D eigenvalue weighted by atomic mass is 10.0. The van der Waals surface area contributed by atoms with Crippen molar-refractivity contribution in [3.05, 3.63) is 66.0 Å². The molecule has 2 N–H and O–H groups in total. The molecule has 0 saturated heterocycles. The number of nitrogens with one attached hydrogen (secondary N) is 2. The van der Waals surface area contributed by atoms with Crippen molar-refractivity contribution >= 4 is 11.7 Å². The summed E-state index contributed by atoms with van der Waals surface area (Å²) in [5.74, 6) is 0.345. The first kappa shape index (κ1) is 13.1. The Morgan fingerprint density at radius 3 is 2.71 bits per heavy atom. The molecule has 104 valence electrons. The van der Waals surface area contributed by atoms with Gasteiger partial charge in [-0.25, -0.2) is 4.98 Å². The van der Waals surface area contributed by atoms with Gasteiger partial charge in [0.1, 0.15) is 5.82 Å². The topological polar surface area (TPSA) is 70.7 Å². The van der Waals surface area contributed by atoms with Gasteiger partial charge >= 0.3 is 0 Å². The number of H-pyrrole nitrogens is 1. The van der Waals surface area contributed by atoms with Crippen molar-refractivity contribution < 1.29 is 4.79 Å². The lowest BCUT2D eigenvalue weighted by Crippen LogP contribution is -2.14. The van der Waals surface area contributed by atoms with Crippen molar-refractivity contribution in [1.29, 1.82) is 0 Å². The van der Waals surface area contributed by atoms with Crippen molar-refractivity contribution in [2.75, 3.05) is 5.32 Å². The highest BCUT2D eigenvalue weighted by Crippen LogP contribution is 2.22. The van der Waals surface area contributed by atoms with Crippen LogP contribution < -0.4 is 5.32 Å². The van der Waals surface area contributed by atoms with Gasteiger partial charge in [-0.2, -0.15) is 5.10 Å². The van der Waals surface area contributed by atoms with Crippen molar-refractivity contribution in [1.82, 2.24) is 15.2 Å². The Morgan fingerprint density at radius 1 is 1.10 bits per heavy atom. The quantitative estimate of drug-likeness (QED) is 0.773. The van der Waals surface area contributed by atoms with Gasteiger partial charge in [0.25, 0.3) is 5.91 Å². The molecule has 1 amide bonds. The van der Waals surface area contributed by atoms with Crippen LogP contribution in [0.4, 0.5) is 5.82 Å². The smallest absolute Gasteiger partial charge is 0.257 e. The number of anilines is 1. The van der Waals surface area contributed by atoms with E-state index in [0.29, 0.717) is 11.4 Å². The molecule has 0 atom stereocenters. The van der Waals surface area contributed by atoms with Gasteiger partial charge in [-0.3, -0.25) is 9.89 Å². The molecule has 0 aliphatic carbocycles. The Hall–Kier alpha value is -2.95. The van der Waals surface area contributed by atoms with Crippen LogP contribution in [0.3, 0.4) is 0 Å². The zero-order valence-electron chi connectivity index (χ0n) is 11.5. The molecule has 0 aliphatic rings. The van der Waals surface area contributed by atoms with Crippen LogP contribution in [0.25, 0.3) is 11.3 Å². The fourth-order valence-corrected chi connectivity index (χ4v) is 2.12. The molecule has 0 fully saturated rings. The first-order chi connectivity index (χ1) is 10.2. The maximum Gasteiger partial charge on any atom is 0.257 e. The zero-order chi connectivity index (χ0) is 14.7. The van der Waals surface area contributed by atoms with Gasteiger partial charge in [-0.1, -0.05) is 24.3 Å². The summed E-state index contributed by atoms with van der Waals surface area (Å²) in [4.78, 5) is 16.7. The van der Waals surface area contributed by atoms with E-state index < -0.39 is 0 Å². The van der Waals surface area contributed by atoms with E-state index in [2.05, 4.69) is 20.5 Å². The van der Waals surface area contributed by atoms with Crippen LogP contribution in [0.1, 0.15) is 16.1 Å². The first-order valence-corrected chi connectivity index (χ1v) is 6.58. The number of carbonyl (C=O) groups excluding carboxylic acids is 1. The largest absolute Gasteiger partial charge is 0.307 e. The molecule has 1 aromatic carbocycles. The summed E-state index contributed by atoms with van der Waals surface area (Å²) < 4.78 is 0. The minimum Gasteiger partial charge on any atom is -0.307 e. The van der Waals surface area contributed by atoms with Crippen LogP contribution in [-0.2, 0) is 0 Å². The average Bonchev–Trinajstić information content (AvgIpc) is 3.01. The lowest BCUT2D eigenvalue weighted by molar-refractivity contribution is 0.102. The minimum absolute atomic E-state index is 0.196. The van der Waals surface area contributed by atoms with Crippen LogP contribution in [0, 0.1) is 6.92 Å². The van der Waals surface area contributed by atoms with E-state index in [9.17, 15) is 4.79 Å². The second kappa shape index (κ2) is 5.58. The third-order valence-electron chi connectivity index (χ3n) is 3.09. The molecular formula is C16H14N4O. The minimum atomic E-state index is -0.196. The van der Waals surface area contributed by atoms with E-state index in [1.165, 1.54) is 0 Å². The zero-order valence-corrected chi connectivity index (χ0v) is 11.5. The molecule has 3 rings (SSSR count). The van der Waals surface area contributed by atoms with Crippen LogP contribution in [0.5, 0.6) is 0 Å². The predicted octanol–water partition coefficient (Wildman–Crippen LogP) is 3.03. The molecule has 5 heteroatoms. The summed E-state index contributed by atoms with van der Waals surface area (Å²) in [5, 5.41) is 9.62. The van der Waals surface area contributed by atoms with Gasteiger partial charge in [0.05, 0.1) is 5.69 Å². The van der Waals surface area contributed by atoms with Crippen LogP contribution in [-0.4, -0.2) is 21.1 Å². The number of aryl methyl sites for hydroxylation is 1. The van der Waals surface area contributed by atoms with Crippen molar-refractivity contribution in [3.8, 4) is 11.3 Å². The summed E-state index contributed by atoms with van der Waals surface area (Å²) in [6.07, 6.45) is 1.66. The fourth-order valence-electron chi connectivity index (χ4n) is 2.12. The van der Waals surface area contributed by atoms with Crippen molar-refractivity contribution in [3.63, 3.8) is 0 Å². The van der Waals surface area contributed by atoms with Crippen LogP contribution in [0.2, 0.25) is 0 Å². The number of carbonyl (C=O) groups is 1. The van der Waals surface area contributed by atoms with E-state index in [-0.39, 0.29) is 5.91 Å². The Morgan fingerprint density at radius 2 is 1.95 bits per heavy atom. The van der Waals surface area contributed by atoms with E-state index in [0.717, 1.165) is 17.0 Å². The maximum atomic E-state index is 12.5. The third-order valence-corrected chi connectivity index (χ3v) is 3.09. The molecule has 2 aromatic heterocycles. The normalized spacial score (nSPS) is 10.3. The van der Waals surface area contributed by atoms with Crippen LogP contribution >= 0.6 is 0 Å². The van der Waals surface area contributed by atoms with Crippen LogP contribution in [0.15, 0.2) is 54.7 Å². The first-order valence-electron chi connectivity index (χ1n) is 6.58. The van der Waals surface area contributed by atoms with Crippen molar-refractivity contribution in [2.24, 2.45) is 0 Å². The summed E-state index contributed by atoms with van der Waals surface area (Å²) in [7, 11) is 0. The maximum absolute atomic E-state index is 12.5. The molecular weight excluding hydrogens is 264 g/mol. The Labute approximate surface area is 122 Å². The number of amides is 1. The van der Waals surface area contributed by atoms with Gasteiger partial charge in [0.15, 0.2) is 0 Å². The molecule has 0 saturated carbocycles. The van der Waals surface area contributed by atoms with Gasteiger partial charge in [-0.05, 0) is 31.2 Å². The highest BCUT2D eigenvalue weighted by molar-refractivity contribution is 6.08. The summed E-state index contributed by atoms with van der Waals surface area (Å²) >= 11 is 0. The molecule has 21 heavy (non-hydrogen) atoms. The number of benzene rings is 1. The number of rotatable bonds is 3. The highest BCUT2D eigenvalue weighted by Gasteiger charge is 2.13. The van der Waals surface area contributed by atoms with Gasteiger partial charge < -0.3 is 5.32 Å². The molecule has 5 nitrogen and oxygen atoms in total. The third kappa shape index (κ3) is 2.81. The van der Waals surface area contributed by atoms with E-state index in [4.69, 9.17) is 0 Å². The Bertz CT molecular complexity index is 765. The average molecular weight is 278 g/mol. The standard InChI is InChI=1S/C16H14N4O/c1-11-5-4-8-15(18-11)19-16(21)13-7-3-2-6-12(13)14-9-10-17-20-14/h2-10H,1H3,(H,17,20)(H,18,19,21). The fraction of sp³-hybridized carbons (Fsp3) is 0.0625. The molecule has 3 aromatic rings. The highest BCUT2D eigenvalue weighted by atomic mass is 16.1. The van der Waals surface area contributed by atoms with E-state index in [1.54, 1.807) is 18.3 Å². The molecule has 0 unspecified atom stereocenters. The SMILES string of the molecule is Cc1cccc(NC(=O)c2ccccc2-c2ccn[nH]2)n1. The molecule has 0 bridgehead atoms. The number of hydrogen-bond donors (Lipinski definition) is 2. The summed E-state index contributed by atoms with van der Waals surface area (Å²) in [5.41, 5.74) is 3.04. The molecule has 0 radical (unpaired) electrons. The Balaban J connectivity index is 1.92. The monoisotopic (exact) mass is 278 g/mol. The van der Waals surface area contributed by atoms with Gasteiger partial charge in [0.2, 0.25) is 0 Å². The molecule has 0 aliphatic heterocycles. The summed E-state index contributed by atoms with van der Waals surface area (Å²) in [6.45, 7) is 1.88. The number of aromatic nitrogens is 3. The van der Waals surface area contributed by atoms with E-state index >= 15 is 0 Å². The molecule has 0 spiro atoms. The Kier molecular flexibility index (Phi) is 3.47. The number of pyridine rings is 1. The van der Waals surface area contributed by atoms with Gasteiger partial charge in [-0.15, -0.1) is 0 Å². The van der Waals surface area contributed by atoms with E-state index in [1.807, 2.05) is 43.3 Å². The lowest BCUT2D eigenvalue weighted by Gasteiger charge is -2.08. The second-order valence-electron chi connectivity index (χ2n) is 4.63. The predicted molar refractivity (Wildman–Crippen MR) is 81.0 cm³/mol. The number of nitrogens with zero attached hydrogens (tertiary/aromatic N) is 2. The summed E-state index contributed by atoms with van der Waals surface area (Å²) in [6, 6.07) is 14.7.